The van der Waals surface area contributed by atoms with E-state index in [9.17, 15) is 14.7 Å². The SMILES string of the molecule is Cc1ccc(CSc2nnc(N3C(=O)C(=O)C(=C(O)c4ccc(OCc5cccc(C)c5)cc4)C3c3ccc(Cl)cc3)s2)cc1. The molecule has 1 saturated heterocycles. The number of Topliss-reactive ketones (excluding diaryl/α,β-unsaturated/α-hetero) is 1. The zero-order valence-electron chi connectivity index (χ0n) is 24.4. The highest BCUT2D eigenvalue weighted by atomic mass is 35.5. The normalized spacial score (nSPS) is 15.9. The Morgan fingerprint density at radius 3 is 2.36 bits per heavy atom. The maximum absolute atomic E-state index is 13.5. The van der Waals surface area contributed by atoms with Gasteiger partial charge in [-0.3, -0.25) is 14.5 Å². The van der Waals surface area contributed by atoms with Crippen molar-refractivity contribution < 1.29 is 19.4 Å². The summed E-state index contributed by atoms with van der Waals surface area (Å²) < 4.78 is 6.58. The van der Waals surface area contributed by atoms with Gasteiger partial charge in [-0.2, -0.15) is 0 Å². The molecule has 1 aliphatic heterocycles. The highest BCUT2D eigenvalue weighted by Gasteiger charge is 2.48. The number of aliphatic hydroxyl groups excluding tert-OH is 1. The third-order valence-corrected chi connectivity index (χ3v) is 9.71. The monoisotopic (exact) mass is 653 g/mol. The molecule has 1 N–H and O–H groups in total. The molecule has 1 amide bonds. The Kier molecular flexibility index (Phi) is 9.02. The van der Waals surface area contributed by atoms with E-state index in [1.165, 1.54) is 33.6 Å². The minimum absolute atomic E-state index is 0.0418. The van der Waals surface area contributed by atoms with Crippen LogP contribution in [0.5, 0.6) is 5.75 Å². The highest BCUT2D eigenvalue weighted by molar-refractivity contribution is 8.00. The van der Waals surface area contributed by atoms with E-state index in [4.69, 9.17) is 16.3 Å². The number of aryl methyl sites for hydroxylation is 2. The van der Waals surface area contributed by atoms with Crippen LogP contribution in [-0.2, 0) is 21.9 Å². The second-order valence-electron chi connectivity index (χ2n) is 10.6. The van der Waals surface area contributed by atoms with Gasteiger partial charge in [-0.15, -0.1) is 10.2 Å². The van der Waals surface area contributed by atoms with Crippen LogP contribution in [0, 0.1) is 13.8 Å². The number of carbonyl (C=O) groups excluding carboxylic acids is 2. The van der Waals surface area contributed by atoms with Crippen LogP contribution in [0.1, 0.15) is 39.4 Å². The van der Waals surface area contributed by atoms with Gasteiger partial charge in [-0.25, -0.2) is 0 Å². The van der Waals surface area contributed by atoms with Gasteiger partial charge in [0.15, 0.2) is 4.34 Å². The second kappa shape index (κ2) is 13.3. The van der Waals surface area contributed by atoms with Gasteiger partial charge < -0.3 is 9.84 Å². The van der Waals surface area contributed by atoms with E-state index in [1.54, 1.807) is 48.5 Å². The van der Waals surface area contributed by atoms with Crippen molar-refractivity contribution in [2.75, 3.05) is 4.90 Å². The first-order chi connectivity index (χ1) is 21.8. The Bertz CT molecular complexity index is 1890. The first-order valence-electron chi connectivity index (χ1n) is 14.1. The maximum atomic E-state index is 13.5. The zero-order chi connectivity index (χ0) is 31.5. The van der Waals surface area contributed by atoms with Crippen molar-refractivity contribution in [2.45, 2.75) is 36.6 Å². The molecule has 1 fully saturated rings. The third-order valence-electron chi connectivity index (χ3n) is 7.33. The predicted molar refractivity (Wildman–Crippen MR) is 179 cm³/mol. The number of rotatable bonds is 9. The summed E-state index contributed by atoms with van der Waals surface area (Å²) >= 11 is 8.89. The molecule has 0 aliphatic carbocycles. The smallest absolute Gasteiger partial charge is 0.301 e. The van der Waals surface area contributed by atoms with Gasteiger partial charge in [-0.1, -0.05) is 106 Å². The number of benzene rings is 4. The molecule has 1 aromatic heterocycles. The van der Waals surface area contributed by atoms with Gasteiger partial charge in [0, 0.05) is 16.3 Å². The summed E-state index contributed by atoms with van der Waals surface area (Å²) in [6.45, 7) is 4.46. The Labute approximate surface area is 274 Å². The molecule has 0 bridgehead atoms. The van der Waals surface area contributed by atoms with E-state index in [-0.39, 0.29) is 16.5 Å². The minimum atomic E-state index is -0.928. The number of ketones is 1. The van der Waals surface area contributed by atoms with Crippen molar-refractivity contribution in [3.8, 4) is 5.75 Å². The summed E-state index contributed by atoms with van der Waals surface area (Å²) in [5, 5.41) is 20.8. The van der Waals surface area contributed by atoms with Crippen LogP contribution in [0.2, 0.25) is 5.02 Å². The number of aromatic nitrogens is 2. The fraction of sp³-hybridized carbons (Fsp3) is 0.143. The number of hydrogen-bond acceptors (Lipinski definition) is 8. The summed E-state index contributed by atoms with van der Waals surface area (Å²) in [6.07, 6.45) is 0. The van der Waals surface area contributed by atoms with Gasteiger partial charge in [0.05, 0.1) is 11.6 Å². The number of hydrogen-bond donors (Lipinski definition) is 1. The number of carbonyl (C=O) groups is 2. The number of ether oxygens (including phenoxy) is 1. The van der Waals surface area contributed by atoms with E-state index >= 15 is 0 Å². The van der Waals surface area contributed by atoms with Crippen molar-refractivity contribution >= 4 is 57.3 Å². The predicted octanol–water partition coefficient (Wildman–Crippen LogP) is 8.31. The average molecular weight is 654 g/mol. The van der Waals surface area contributed by atoms with Crippen LogP contribution in [-0.4, -0.2) is 27.0 Å². The second-order valence-corrected chi connectivity index (χ2v) is 13.3. The Hall–Kier alpha value is -4.44. The van der Waals surface area contributed by atoms with Crippen molar-refractivity contribution in [1.82, 2.24) is 10.2 Å². The first-order valence-corrected chi connectivity index (χ1v) is 16.3. The van der Waals surface area contributed by atoms with E-state index in [0.717, 1.165) is 16.7 Å². The number of aliphatic hydroxyl groups is 1. The Morgan fingerprint density at radius 2 is 1.64 bits per heavy atom. The number of thioether (sulfide) groups is 1. The first kappa shape index (κ1) is 30.6. The summed E-state index contributed by atoms with van der Waals surface area (Å²) in [7, 11) is 0. The molecule has 1 unspecified atom stereocenters. The van der Waals surface area contributed by atoms with Gasteiger partial charge in [-0.05, 0) is 66.9 Å². The van der Waals surface area contributed by atoms with E-state index in [2.05, 4.69) is 40.5 Å². The molecule has 5 aromatic rings. The summed E-state index contributed by atoms with van der Waals surface area (Å²) in [5.41, 5.74) is 5.44. The summed E-state index contributed by atoms with van der Waals surface area (Å²) in [5.74, 6) is -0.608. The van der Waals surface area contributed by atoms with Crippen LogP contribution in [0.15, 0.2) is 107 Å². The molecule has 226 valence electrons. The Morgan fingerprint density at radius 1 is 0.911 bits per heavy atom. The van der Waals surface area contributed by atoms with Crippen molar-refractivity contribution in [2.24, 2.45) is 0 Å². The number of anilines is 1. The number of amides is 1. The highest BCUT2D eigenvalue weighted by Crippen LogP contribution is 2.44. The van der Waals surface area contributed by atoms with Crippen molar-refractivity contribution in [3.63, 3.8) is 0 Å². The molecule has 0 saturated carbocycles. The molecule has 4 aromatic carbocycles. The lowest BCUT2D eigenvalue weighted by Gasteiger charge is -2.22. The molecule has 7 nitrogen and oxygen atoms in total. The standard InChI is InChI=1S/C35H28ClN3O4S2/c1-21-6-8-23(9-7-21)20-44-35-38-37-34(45-35)39-30(25-10-14-27(36)15-11-25)29(32(41)33(39)42)31(40)26-12-16-28(17-13-26)43-19-24-5-3-4-22(2)18-24/h3-18,30,40H,19-20H2,1-2H3. The third kappa shape index (κ3) is 6.81. The summed E-state index contributed by atoms with van der Waals surface area (Å²) in [6, 6.07) is 29.0. The van der Waals surface area contributed by atoms with Crippen LogP contribution in [0.25, 0.3) is 5.76 Å². The number of nitrogens with zero attached hydrogens (tertiary/aromatic N) is 3. The molecule has 1 atom stereocenters. The lowest BCUT2D eigenvalue weighted by Crippen LogP contribution is -2.29. The molecule has 6 rings (SSSR count). The van der Waals surface area contributed by atoms with Crippen LogP contribution in [0.4, 0.5) is 5.13 Å². The van der Waals surface area contributed by atoms with E-state index < -0.39 is 17.7 Å². The molecule has 10 heteroatoms. The van der Waals surface area contributed by atoms with Crippen LogP contribution >= 0.6 is 34.7 Å². The fourth-order valence-corrected chi connectivity index (χ4v) is 6.96. The van der Waals surface area contributed by atoms with Crippen LogP contribution < -0.4 is 9.64 Å². The molecule has 0 radical (unpaired) electrons. The van der Waals surface area contributed by atoms with Gasteiger partial charge >= 0.3 is 5.91 Å². The number of halogens is 1. The minimum Gasteiger partial charge on any atom is -0.507 e. The molecule has 0 spiro atoms. The molecule has 45 heavy (non-hydrogen) atoms. The quantitative estimate of drug-likeness (QED) is 0.0562. The van der Waals surface area contributed by atoms with Gasteiger partial charge in [0.1, 0.15) is 18.1 Å². The average Bonchev–Trinajstić information content (AvgIpc) is 3.62. The zero-order valence-corrected chi connectivity index (χ0v) is 26.8. The van der Waals surface area contributed by atoms with Crippen molar-refractivity contribution in [3.05, 3.63) is 141 Å². The van der Waals surface area contributed by atoms with Gasteiger partial charge in [0.2, 0.25) is 5.13 Å². The van der Waals surface area contributed by atoms with Crippen LogP contribution in [0.3, 0.4) is 0 Å². The largest absolute Gasteiger partial charge is 0.507 e. The summed E-state index contributed by atoms with van der Waals surface area (Å²) in [4.78, 5) is 28.4. The topological polar surface area (TPSA) is 92.6 Å². The Balaban J connectivity index is 1.29. The molecule has 2 heterocycles. The fourth-order valence-electron chi connectivity index (χ4n) is 5.01. The molecular formula is C35H28ClN3O4S2. The molecule has 1 aliphatic rings. The van der Waals surface area contributed by atoms with Gasteiger partial charge in [0.25, 0.3) is 5.78 Å². The lowest BCUT2D eigenvalue weighted by molar-refractivity contribution is -0.132. The maximum Gasteiger partial charge on any atom is 0.301 e. The molecular weight excluding hydrogens is 626 g/mol. The van der Waals surface area contributed by atoms with Crippen molar-refractivity contribution in [1.29, 1.82) is 0 Å². The lowest BCUT2D eigenvalue weighted by atomic mass is 9.95. The van der Waals surface area contributed by atoms with E-state index in [0.29, 0.717) is 38.6 Å². The van der Waals surface area contributed by atoms with E-state index in [1.807, 2.05) is 32.0 Å².